The van der Waals surface area contributed by atoms with Crippen LogP contribution in [0.1, 0.15) is 175 Å². The van der Waals surface area contributed by atoms with Crippen LogP contribution in [0, 0.1) is 17.8 Å². The molecule has 1 saturated carbocycles. The van der Waals surface area contributed by atoms with E-state index in [0.29, 0.717) is 19.3 Å². The molecule has 0 aromatic rings. The number of esters is 2. The average molecular weight is 709 g/mol. The van der Waals surface area contributed by atoms with Gasteiger partial charge in [0.05, 0.1) is 24.7 Å². The third-order valence-electron chi connectivity index (χ3n) is 10.3. The molecule has 4 N–H and O–H groups in total. The van der Waals surface area contributed by atoms with Gasteiger partial charge in [0.1, 0.15) is 19.3 Å². The number of unbranched alkanes of at least 4 members (excludes halogenated alkanes) is 15. The summed E-state index contributed by atoms with van der Waals surface area (Å²) in [6.45, 7) is 6.30. The molecule has 0 aromatic heterocycles. The molecule has 1 fully saturated rings. The summed E-state index contributed by atoms with van der Waals surface area (Å²) < 4.78 is 10.3. The van der Waals surface area contributed by atoms with Gasteiger partial charge in [-0.15, -0.1) is 0 Å². The Labute approximate surface area is 305 Å². The van der Waals surface area contributed by atoms with Crippen molar-refractivity contribution in [3.8, 4) is 0 Å². The Morgan fingerprint density at radius 1 is 0.700 bits per heavy atom. The predicted octanol–water partition coefficient (Wildman–Crippen LogP) is 8.91. The number of aliphatic hydroxyl groups excluding tert-OH is 4. The first kappa shape index (κ1) is 46.3. The van der Waals surface area contributed by atoms with E-state index in [2.05, 4.69) is 20.8 Å². The molecule has 0 amide bonds. The fourth-order valence-corrected chi connectivity index (χ4v) is 6.74. The van der Waals surface area contributed by atoms with E-state index in [0.717, 1.165) is 44.4 Å². The lowest BCUT2D eigenvalue weighted by molar-refractivity contribution is -0.151. The number of carbonyl (C=O) groups is 2. The summed E-state index contributed by atoms with van der Waals surface area (Å²) in [4.78, 5) is 24.2. The molecule has 0 aromatic carbocycles. The number of hydrogen-bond acceptors (Lipinski definition) is 8. The molecule has 292 valence electrons. The zero-order valence-electron chi connectivity index (χ0n) is 32.2. The minimum Gasteiger partial charge on any atom is -0.463 e. The molecule has 0 heterocycles. The van der Waals surface area contributed by atoms with Gasteiger partial charge in [-0.1, -0.05) is 161 Å². The topological polar surface area (TPSA) is 134 Å². The minimum absolute atomic E-state index is 0.00730. The molecule has 1 aliphatic rings. The van der Waals surface area contributed by atoms with Crippen molar-refractivity contribution in [3.05, 3.63) is 24.3 Å². The van der Waals surface area contributed by atoms with Crippen LogP contribution in [-0.2, 0) is 19.1 Å². The van der Waals surface area contributed by atoms with Crippen LogP contribution in [0.25, 0.3) is 0 Å². The molecule has 8 heteroatoms. The first-order valence-corrected chi connectivity index (χ1v) is 20.5. The van der Waals surface area contributed by atoms with Crippen LogP contribution in [0.4, 0.5) is 0 Å². The first-order valence-electron chi connectivity index (χ1n) is 20.5. The van der Waals surface area contributed by atoms with Crippen LogP contribution in [-0.4, -0.2) is 70.0 Å². The average Bonchev–Trinajstić information content (AvgIpc) is 3.37. The van der Waals surface area contributed by atoms with E-state index in [1.54, 1.807) is 18.2 Å². The van der Waals surface area contributed by atoms with Gasteiger partial charge in [-0.25, -0.2) is 0 Å². The summed E-state index contributed by atoms with van der Waals surface area (Å²) in [5, 5.41) is 41.1. The van der Waals surface area contributed by atoms with Crippen molar-refractivity contribution >= 4 is 11.9 Å². The summed E-state index contributed by atoms with van der Waals surface area (Å²) in [6, 6.07) is 0. The molecular weight excluding hydrogens is 632 g/mol. The highest BCUT2D eigenvalue weighted by atomic mass is 16.6. The number of aliphatic hydroxyl groups is 4. The lowest BCUT2D eigenvalue weighted by atomic mass is 9.89. The summed E-state index contributed by atoms with van der Waals surface area (Å²) >= 11 is 0. The fraction of sp³-hybridized carbons (Fsp3) is 0.857. The third kappa shape index (κ3) is 24.4. The smallest absolute Gasteiger partial charge is 0.309 e. The van der Waals surface area contributed by atoms with Crippen molar-refractivity contribution < 1.29 is 39.5 Å². The Hall–Kier alpha value is -1.74. The number of hydrogen-bond donors (Lipinski definition) is 4. The first-order chi connectivity index (χ1) is 24.2. The van der Waals surface area contributed by atoms with Gasteiger partial charge in [-0.05, 0) is 31.1 Å². The second-order valence-corrected chi connectivity index (χ2v) is 15.0. The van der Waals surface area contributed by atoms with E-state index < -0.39 is 30.4 Å². The maximum atomic E-state index is 12.1. The fourth-order valence-electron chi connectivity index (χ4n) is 6.74. The van der Waals surface area contributed by atoms with Crippen LogP contribution in [0.5, 0.6) is 0 Å². The number of ether oxygens (including phenoxy) is 2. The Balaban J connectivity index is 2.03. The molecule has 0 aliphatic heterocycles. The van der Waals surface area contributed by atoms with E-state index in [1.165, 1.54) is 83.5 Å². The van der Waals surface area contributed by atoms with Gasteiger partial charge in [-0.2, -0.15) is 0 Å². The molecule has 1 aliphatic carbocycles. The molecule has 1 unspecified atom stereocenters. The molecule has 50 heavy (non-hydrogen) atoms. The normalized spacial score (nSPS) is 21.2. The summed E-state index contributed by atoms with van der Waals surface area (Å²) in [5.74, 6) is -0.436. The Morgan fingerprint density at radius 2 is 1.24 bits per heavy atom. The third-order valence-corrected chi connectivity index (χ3v) is 10.3. The molecule has 0 spiro atoms. The van der Waals surface area contributed by atoms with Crippen LogP contribution >= 0.6 is 0 Å². The predicted molar refractivity (Wildman–Crippen MR) is 203 cm³/mol. The van der Waals surface area contributed by atoms with E-state index in [9.17, 15) is 30.0 Å². The molecular formula is C42H76O8. The molecule has 0 saturated heterocycles. The Morgan fingerprint density at radius 3 is 1.82 bits per heavy atom. The van der Waals surface area contributed by atoms with Crippen LogP contribution < -0.4 is 0 Å². The molecule has 0 radical (unpaired) electrons. The lowest BCUT2D eigenvalue weighted by Crippen LogP contribution is -2.25. The standard InChI is InChI=1S/C42H76O8/c1-4-6-19-25-35(43)29-30-38-37(39(45)31-40(38)46)26-22-23-28-42(48)50-33-36(44)32-49-41(47)27-21-18-16-14-12-10-8-7-9-11-13-15-17-20-24-34(3)5-2/h22-23,29-30,34-40,43-46H,4-21,24-28,31-33H2,1-3H3/b23-22-,30-29+/t34?,35-,36+,37+,38-,39+,40-/m1/s1. The monoisotopic (exact) mass is 709 g/mol. The SMILES string of the molecule is CCCCC[C@@H](O)/C=C/[C@@H]1[C@H](C/C=C\CC(=O)OC[C@@H](O)COC(=O)CCCCCCCCCCCCCCCCC(C)CC)[C@@H](O)C[C@H]1O. The van der Waals surface area contributed by atoms with Gasteiger partial charge < -0.3 is 29.9 Å². The Bertz CT molecular complexity index is 889. The van der Waals surface area contributed by atoms with Crippen molar-refractivity contribution in [2.75, 3.05) is 13.2 Å². The Kier molecular flexibility index (Phi) is 28.6. The molecule has 1 rings (SSSR count). The summed E-state index contributed by atoms with van der Waals surface area (Å²) in [7, 11) is 0. The zero-order valence-corrected chi connectivity index (χ0v) is 32.2. The highest BCUT2D eigenvalue weighted by molar-refractivity contribution is 5.71. The maximum Gasteiger partial charge on any atom is 0.309 e. The van der Waals surface area contributed by atoms with Crippen molar-refractivity contribution in [3.63, 3.8) is 0 Å². The van der Waals surface area contributed by atoms with Gasteiger partial charge in [0, 0.05) is 18.8 Å². The lowest BCUT2D eigenvalue weighted by Gasteiger charge is -2.19. The number of allylic oxidation sites excluding steroid dienone is 1. The summed E-state index contributed by atoms with van der Waals surface area (Å²) in [5.41, 5.74) is 0. The molecule has 0 bridgehead atoms. The van der Waals surface area contributed by atoms with E-state index in [-0.39, 0.29) is 43.9 Å². The maximum absolute atomic E-state index is 12.1. The molecule has 8 nitrogen and oxygen atoms in total. The van der Waals surface area contributed by atoms with Gasteiger partial charge >= 0.3 is 11.9 Å². The highest BCUT2D eigenvalue weighted by Crippen LogP contribution is 2.36. The largest absolute Gasteiger partial charge is 0.463 e. The highest BCUT2D eigenvalue weighted by Gasteiger charge is 2.39. The summed E-state index contributed by atoms with van der Waals surface area (Å²) in [6.07, 6.45) is 29.3. The van der Waals surface area contributed by atoms with Gasteiger partial charge in [0.2, 0.25) is 0 Å². The van der Waals surface area contributed by atoms with Crippen molar-refractivity contribution in [2.45, 2.75) is 199 Å². The second kappa shape index (κ2) is 30.8. The van der Waals surface area contributed by atoms with Crippen LogP contribution in [0.2, 0.25) is 0 Å². The van der Waals surface area contributed by atoms with Crippen molar-refractivity contribution in [2.24, 2.45) is 17.8 Å². The van der Waals surface area contributed by atoms with Crippen molar-refractivity contribution in [1.82, 2.24) is 0 Å². The second-order valence-electron chi connectivity index (χ2n) is 15.0. The van der Waals surface area contributed by atoms with Gasteiger partial charge in [0.25, 0.3) is 0 Å². The van der Waals surface area contributed by atoms with Crippen LogP contribution in [0.3, 0.4) is 0 Å². The van der Waals surface area contributed by atoms with E-state index in [4.69, 9.17) is 9.47 Å². The van der Waals surface area contributed by atoms with Gasteiger partial charge in [0.15, 0.2) is 0 Å². The number of carbonyl (C=O) groups excluding carboxylic acids is 2. The van der Waals surface area contributed by atoms with E-state index >= 15 is 0 Å². The minimum atomic E-state index is -1.08. The van der Waals surface area contributed by atoms with Gasteiger partial charge in [-0.3, -0.25) is 9.59 Å². The zero-order chi connectivity index (χ0) is 36.8. The van der Waals surface area contributed by atoms with Crippen LogP contribution in [0.15, 0.2) is 24.3 Å². The number of rotatable bonds is 32. The quantitative estimate of drug-likeness (QED) is 0.0309. The van der Waals surface area contributed by atoms with Crippen molar-refractivity contribution in [1.29, 1.82) is 0 Å². The van der Waals surface area contributed by atoms with E-state index in [1.807, 2.05) is 6.08 Å². The molecule has 7 atom stereocenters.